The number of rotatable bonds is 8. The number of aromatic amines is 1. The van der Waals surface area contributed by atoms with Gasteiger partial charge >= 0.3 is 4.87 Å². The van der Waals surface area contributed by atoms with Gasteiger partial charge in [-0.3, -0.25) is 24.1 Å². The highest BCUT2D eigenvalue weighted by Gasteiger charge is 2.69. The summed E-state index contributed by atoms with van der Waals surface area (Å²) in [5.74, 6) is -0.464. The van der Waals surface area contributed by atoms with Crippen LogP contribution in [0.15, 0.2) is 87.1 Å². The third-order valence-corrected chi connectivity index (χ3v) is 13.0. The largest absolute Gasteiger partial charge is 0.490 e. The molecule has 7 atom stereocenters. The van der Waals surface area contributed by atoms with Crippen LogP contribution in [-0.4, -0.2) is 41.2 Å². The average molecular weight is 733 g/mol. The zero-order valence-electron chi connectivity index (χ0n) is 25.2. The number of fused-ring (bicyclic) bond motifs is 9. The topological polar surface area (TPSA) is 118 Å². The Morgan fingerprint density at radius 2 is 1.70 bits per heavy atom. The summed E-state index contributed by atoms with van der Waals surface area (Å²) >= 11 is 6.31. The molecule has 3 aromatic carbocycles. The molecule has 0 radical (unpaired) electrons. The van der Waals surface area contributed by atoms with Crippen LogP contribution in [0.3, 0.4) is 0 Å². The lowest BCUT2D eigenvalue weighted by Gasteiger charge is -2.43. The first-order chi connectivity index (χ1) is 22.8. The van der Waals surface area contributed by atoms with E-state index in [1.807, 2.05) is 67.6 Å². The number of thioether (sulfide) groups is 1. The van der Waals surface area contributed by atoms with E-state index in [9.17, 15) is 19.2 Å². The number of para-hydroxylation sites is 1. The van der Waals surface area contributed by atoms with Crippen LogP contribution in [0.25, 0.3) is 0 Å². The third kappa shape index (κ3) is 5.12. The standard InChI is InChI=1S/C35H30BrN3O6S2/c1-2-44-24-14-17(8-13-23(24)45-16-25(40)37-19-6-4-3-5-7-19)26-27-21-15-22(30(27)46-32-31(26)47-35(43)38-32)29-28(21)33(41)39(34(29)42)20-11-9-18(36)10-12-20/h3-14,21-22,26-30H,2,15-16H2,1H3,(H,37,40)(H,38,43)/t21-,22-,26+,27-,28+,29+,30-/m1/s1. The molecule has 4 aliphatic rings. The molecule has 1 saturated heterocycles. The Hall–Kier alpha value is -3.87. The fraction of sp³-hybridized carbons (Fsp3) is 0.314. The van der Waals surface area contributed by atoms with E-state index in [1.54, 1.807) is 23.9 Å². The first-order valence-corrected chi connectivity index (χ1v) is 18.1. The number of nitrogens with zero attached hydrogens (tertiary/aromatic N) is 1. The van der Waals surface area contributed by atoms with Gasteiger partial charge in [-0.15, -0.1) is 11.8 Å². The minimum atomic E-state index is -0.394. The first kappa shape index (κ1) is 30.5. The van der Waals surface area contributed by atoms with Crippen molar-refractivity contribution < 1.29 is 23.9 Å². The summed E-state index contributed by atoms with van der Waals surface area (Å²) in [6.45, 7) is 2.08. The molecule has 9 nitrogen and oxygen atoms in total. The first-order valence-electron chi connectivity index (χ1n) is 15.6. The number of halogens is 1. The van der Waals surface area contributed by atoms with E-state index in [-0.39, 0.29) is 64.0 Å². The van der Waals surface area contributed by atoms with Crippen molar-refractivity contribution in [3.8, 4) is 11.5 Å². The van der Waals surface area contributed by atoms with Crippen LogP contribution in [0.5, 0.6) is 11.5 Å². The van der Waals surface area contributed by atoms with Crippen molar-refractivity contribution >= 4 is 68.1 Å². The highest BCUT2D eigenvalue weighted by Crippen LogP contribution is 2.68. The molecule has 4 aromatic rings. The molecule has 12 heteroatoms. The minimum absolute atomic E-state index is 0.0112. The molecule has 2 bridgehead atoms. The number of nitrogens with one attached hydrogen (secondary N) is 2. The third-order valence-electron chi connectivity index (χ3n) is 9.85. The van der Waals surface area contributed by atoms with Gasteiger partial charge in [-0.1, -0.05) is 51.5 Å². The van der Waals surface area contributed by atoms with E-state index in [0.717, 1.165) is 26.4 Å². The molecule has 8 rings (SSSR count). The van der Waals surface area contributed by atoms with E-state index < -0.39 is 5.92 Å². The number of ether oxygens (including phenoxy) is 2. The Bertz CT molecular complexity index is 1950. The number of anilines is 2. The Morgan fingerprint density at radius 1 is 0.957 bits per heavy atom. The number of thiazole rings is 1. The number of carbonyl (C=O) groups is 3. The summed E-state index contributed by atoms with van der Waals surface area (Å²) in [6.07, 6.45) is 0.801. The van der Waals surface area contributed by atoms with Gasteiger partial charge in [-0.05, 0) is 85.2 Å². The molecule has 2 N–H and O–H groups in total. The van der Waals surface area contributed by atoms with Crippen molar-refractivity contribution in [1.82, 2.24) is 4.98 Å². The van der Waals surface area contributed by atoms with Crippen molar-refractivity contribution in [3.05, 3.63) is 97.4 Å². The fourth-order valence-corrected chi connectivity index (χ4v) is 11.4. The lowest BCUT2D eigenvalue weighted by atomic mass is 9.68. The van der Waals surface area contributed by atoms with Gasteiger partial charge in [0.2, 0.25) is 11.8 Å². The summed E-state index contributed by atoms with van der Waals surface area (Å²) in [5, 5.41) is 3.73. The van der Waals surface area contributed by atoms with Crippen molar-refractivity contribution in [2.75, 3.05) is 23.4 Å². The van der Waals surface area contributed by atoms with Gasteiger partial charge in [0.25, 0.3) is 5.91 Å². The quantitative estimate of drug-likeness (QED) is 0.205. The van der Waals surface area contributed by atoms with Crippen LogP contribution in [-0.2, 0) is 14.4 Å². The van der Waals surface area contributed by atoms with Crippen LogP contribution in [0.1, 0.15) is 29.7 Å². The fourth-order valence-electron chi connectivity index (χ4n) is 8.20. The number of benzene rings is 3. The Labute approximate surface area is 287 Å². The predicted octanol–water partition coefficient (Wildman–Crippen LogP) is 6.29. The van der Waals surface area contributed by atoms with Crippen LogP contribution in [0.4, 0.5) is 11.4 Å². The molecule has 0 spiro atoms. The summed E-state index contributed by atoms with van der Waals surface area (Å²) < 4.78 is 12.8. The summed E-state index contributed by atoms with van der Waals surface area (Å²) in [5.41, 5.74) is 2.23. The number of imide groups is 1. The highest BCUT2D eigenvalue weighted by atomic mass is 79.9. The van der Waals surface area contributed by atoms with Gasteiger partial charge in [0.05, 0.1) is 29.2 Å². The van der Waals surface area contributed by atoms with E-state index in [0.29, 0.717) is 29.5 Å². The Morgan fingerprint density at radius 3 is 2.45 bits per heavy atom. The van der Waals surface area contributed by atoms with E-state index in [1.165, 1.54) is 16.2 Å². The van der Waals surface area contributed by atoms with Crippen molar-refractivity contribution in [2.24, 2.45) is 29.6 Å². The number of hydrogen-bond donors (Lipinski definition) is 2. The van der Waals surface area contributed by atoms with Crippen molar-refractivity contribution in [2.45, 2.75) is 29.5 Å². The average Bonchev–Trinajstić information content (AvgIpc) is 3.80. The summed E-state index contributed by atoms with van der Waals surface area (Å²) in [6, 6.07) is 22.2. The summed E-state index contributed by atoms with van der Waals surface area (Å²) in [7, 11) is 0. The predicted molar refractivity (Wildman–Crippen MR) is 183 cm³/mol. The number of amides is 3. The van der Waals surface area contributed by atoms with Gasteiger partial charge in [-0.2, -0.15) is 0 Å². The highest BCUT2D eigenvalue weighted by molar-refractivity contribution is 9.10. The maximum absolute atomic E-state index is 14.0. The lowest BCUT2D eigenvalue weighted by Crippen LogP contribution is -2.42. The van der Waals surface area contributed by atoms with Crippen LogP contribution >= 0.6 is 39.0 Å². The second-order valence-corrected chi connectivity index (χ2v) is 15.4. The van der Waals surface area contributed by atoms with Gasteiger partial charge in [0.15, 0.2) is 18.1 Å². The monoisotopic (exact) mass is 731 g/mol. The van der Waals surface area contributed by atoms with Gasteiger partial charge in [0, 0.05) is 26.2 Å². The smallest absolute Gasteiger partial charge is 0.305 e. The lowest BCUT2D eigenvalue weighted by molar-refractivity contribution is -0.123. The molecule has 2 aliphatic heterocycles. The van der Waals surface area contributed by atoms with Gasteiger partial charge in [-0.25, -0.2) is 0 Å². The number of carbonyl (C=O) groups excluding carboxylic acids is 3. The number of H-pyrrole nitrogens is 1. The summed E-state index contributed by atoms with van der Waals surface area (Å²) in [4.78, 5) is 58.5. The molecule has 2 aliphatic carbocycles. The minimum Gasteiger partial charge on any atom is -0.490 e. The molecule has 1 aromatic heterocycles. The molecule has 0 unspecified atom stereocenters. The van der Waals surface area contributed by atoms with Crippen LogP contribution in [0.2, 0.25) is 0 Å². The van der Waals surface area contributed by atoms with Crippen LogP contribution in [0, 0.1) is 29.6 Å². The van der Waals surface area contributed by atoms with Gasteiger partial charge in [0.1, 0.15) is 0 Å². The van der Waals surface area contributed by atoms with Crippen molar-refractivity contribution in [3.63, 3.8) is 0 Å². The Balaban J connectivity index is 1.11. The van der Waals surface area contributed by atoms with E-state index in [2.05, 4.69) is 26.2 Å². The zero-order valence-corrected chi connectivity index (χ0v) is 28.4. The van der Waals surface area contributed by atoms with Gasteiger partial charge < -0.3 is 19.8 Å². The number of hydrogen-bond acceptors (Lipinski definition) is 8. The Kier molecular flexibility index (Phi) is 7.76. The molecule has 2 saturated carbocycles. The second kappa shape index (κ2) is 12.0. The van der Waals surface area contributed by atoms with Crippen molar-refractivity contribution in [1.29, 1.82) is 0 Å². The molecule has 3 heterocycles. The molecular formula is C35H30BrN3O6S2. The molecule has 47 heavy (non-hydrogen) atoms. The van der Waals surface area contributed by atoms with E-state index in [4.69, 9.17) is 9.47 Å². The molecule has 3 fully saturated rings. The maximum Gasteiger partial charge on any atom is 0.305 e. The second-order valence-electron chi connectivity index (χ2n) is 12.3. The molecule has 240 valence electrons. The van der Waals surface area contributed by atoms with Crippen LogP contribution < -0.4 is 24.6 Å². The van der Waals surface area contributed by atoms with E-state index >= 15 is 0 Å². The zero-order chi connectivity index (χ0) is 32.4. The normalized spacial score (nSPS) is 26.9. The SMILES string of the molecule is CCOc1cc([C@@H]2c3sc(=O)[nH]c3S[C@@H]3[C@@H]4C[C@@H]([C@@H]5C(=O)N(c6ccc(Br)cc6)C(=O)[C@@H]45)[C@H]23)ccc1OCC(=O)Nc1ccccc1. The maximum atomic E-state index is 14.0. The number of aromatic nitrogens is 1. The molecule has 3 amide bonds. The molecular weight excluding hydrogens is 702 g/mol.